The van der Waals surface area contributed by atoms with Crippen molar-refractivity contribution in [2.45, 2.75) is 18.4 Å². The SMILES string of the molecule is CNC(=O)[C@H]1Nc2ccccc2[C@@H]1CC(=O)O. The molecular weight excluding hydrogens is 220 g/mol. The Morgan fingerprint density at radius 2 is 2.12 bits per heavy atom. The first-order valence-corrected chi connectivity index (χ1v) is 5.42. The summed E-state index contributed by atoms with van der Waals surface area (Å²) in [5, 5.41) is 14.5. The first-order valence-electron chi connectivity index (χ1n) is 5.42. The number of para-hydroxylation sites is 1. The van der Waals surface area contributed by atoms with Gasteiger partial charge in [-0.3, -0.25) is 9.59 Å². The fourth-order valence-electron chi connectivity index (χ4n) is 2.22. The number of benzene rings is 1. The molecule has 1 aromatic rings. The molecule has 2 rings (SSSR count). The van der Waals surface area contributed by atoms with Gasteiger partial charge in [-0.1, -0.05) is 18.2 Å². The van der Waals surface area contributed by atoms with Crippen LogP contribution < -0.4 is 10.6 Å². The Kier molecular flexibility index (Phi) is 2.99. The van der Waals surface area contributed by atoms with Crippen LogP contribution in [0, 0.1) is 0 Å². The lowest BCUT2D eigenvalue weighted by Gasteiger charge is -2.17. The average Bonchev–Trinajstić information content (AvgIpc) is 2.67. The molecule has 0 unspecified atom stereocenters. The predicted octanol–water partition coefficient (Wildman–Crippen LogP) is 0.785. The lowest BCUT2D eigenvalue weighted by atomic mass is 9.91. The second-order valence-electron chi connectivity index (χ2n) is 4.03. The molecule has 2 atom stereocenters. The second kappa shape index (κ2) is 4.45. The van der Waals surface area contributed by atoms with Gasteiger partial charge in [-0.2, -0.15) is 0 Å². The van der Waals surface area contributed by atoms with Crippen LogP contribution in [-0.2, 0) is 9.59 Å². The lowest BCUT2D eigenvalue weighted by molar-refractivity contribution is -0.137. The number of carboxylic acid groups (broad SMARTS) is 1. The van der Waals surface area contributed by atoms with E-state index in [1.54, 1.807) is 7.05 Å². The third-order valence-electron chi connectivity index (χ3n) is 3.00. The van der Waals surface area contributed by atoms with E-state index in [2.05, 4.69) is 10.6 Å². The number of carboxylic acids is 1. The van der Waals surface area contributed by atoms with E-state index in [4.69, 9.17) is 5.11 Å². The highest BCUT2D eigenvalue weighted by atomic mass is 16.4. The molecule has 1 heterocycles. The first kappa shape index (κ1) is 11.4. The van der Waals surface area contributed by atoms with E-state index < -0.39 is 12.0 Å². The topological polar surface area (TPSA) is 78.4 Å². The van der Waals surface area contributed by atoms with E-state index >= 15 is 0 Å². The summed E-state index contributed by atoms with van der Waals surface area (Å²) < 4.78 is 0. The van der Waals surface area contributed by atoms with Gasteiger partial charge >= 0.3 is 5.97 Å². The fourth-order valence-corrected chi connectivity index (χ4v) is 2.22. The van der Waals surface area contributed by atoms with Crippen LogP contribution in [0.5, 0.6) is 0 Å². The number of carbonyl (C=O) groups excluding carboxylic acids is 1. The molecule has 90 valence electrons. The molecule has 3 N–H and O–H groups in total. The molecule has 0 fully saturated rings. The second-order valence-corrected chi connectivity index (χ2v) is 4.03. The largest absolute Gasteiger partial charge is 0.481 e. The smallest absolute Gasteiger partial charge is 0.304 e. The summed E-state index contributed by atoms with van der Waals surface area (Å²) in [6.07, 6.45) is -0.0535. The van der Waals surface area contributed by atoms with E-state index in [1.165, 1.54) is 0 Å². The van der Waals surface area contributed by atoms with E-state index in [0.717, 1.165) is 11.3 Å². The van der Waals surface area contributed by atoms with Crippen LogP contribution in [0.2, 0.25) is 0 Å². The highest BCUT2D eigenvalue weighted by Gasteiger charge is 2.37. The highest BCUT2D eigenvalue weighted by molar-refractivity contribution is 5.89. The Bertz CT molecular complexity index is 459. The van der Waals surface area contributed by atoms with Crippen LogP contribution in [0.3, 0.4) is 0 Å². The summed E-state index contributed by atoms with van der Waals surface area (Å²) in [7, 11) is 1.55. The molecule has 0 aliphatic carbocycles. The van der Waals surface area contributed by atoms with Crippen molar-refractivity contribution in [1.82, 2.24) is 5.32 Å². The minimum absolute atomic E-state index is 0.0535. The number of hydrogen-bond acceptors (Lipinski definition) is 3. The first-order chi connectivity index (χ1) is 8.13. The fraction of sp³-hybridized carbons (Fsp3) is 0.333. The van der Waals surface area contributed by atoms with Gasteiger partial charge in [0.05, 0.1) is 6.42 Å². The highest BCUT2D eigenvalue weighted by Crippen LogP contribution is 2.37. The molecule has 0 spiro atoms. The normalized spacial score (nSPS) is 21.5. The Morgan fingerprint density at radius 1 is 1.41 bits per heavy atom. The van der Waals surface area contributed by atoms with Gasteiger partial charge < -0.3 is 15.7 Å². The van der Waals surface area contributed by atoms with Crippen LogP contribution in [-0.4, -0.2) is 30.1 Å². The van der Waals surface area contributed by atoms with Crippen molar-refractivity contribution in [3.05, 3.63) is 29.8 Å². The molecular formula is C12H14N2O3. The van der Waals surface area contributed by atoms with Gasteiger partial charge in [0.1, 0.15) is 6.04 Å². The number of likely N-dealkylation sites (N-methyl/N-ethyl adjacent to an activating group) is 1. The summed E-state index contributed by atoms with van der Waals surface area (Å²) in [6, 6.07) is 6.91. The molecule has 0 saturated heterocycles. The zero-order valence-corrected chi connectivity index (χ0v) is 9.43. The molecule has 17 heavy (non-hydrogen) atoms. The minimum Gasteiger partial charge on any atom is -0.481 e. The minimum atomic E-state index is -0.901. The molecule has 5 heteroatoms. The van der Waals surface area contributed by atoms with Crippen molar-refractivity contribution in [3.8, 4) is 0 Å². The van der Waals surface area contributed by atoms with Crippen molar-refractivity contribution in [2.75, 3.05) is 12.4 Å². The number of aliphatic carboxylic acids is 1. The maximum atomic E-state index is 11.7. The quantitative estimate of drug-likeness (QED) is 0.722. The third kappa shape index (κ3) is 2.08. The van der Waals surface area contributed by atoms with Gasteiger partial charge in [0, 0.05) is 18.7 Å². The van der Waals surface area contributed by atoms with Crippen LogP contribution >= 0.6 is 0 Å². The van der Waals surface area contributed by atoms with Gasteiger partial charge in [0.2, 0.25) is 5.91 Å². The Hall–Kier alpha value is -2.04. The van der Waals surface area contributed by atoms with Crippen LogP contribution in [0.15, 0.2) is 24.3 Å². The molecule has 1 aliphatic heterocycles. The van der Waals surface area contributed by atoms with Crippen LogP contribution in [0.4, 0.5) is 5.69 Å². The maximum Gasteiger partial charge on any atom is 0.304 e. The molecule has 1 aliphatic rings. The van der Waals surface area contributed by atoms with Crippen molar-refractivity contribution in [3.63, 3.8) is 0 Å². The van der Waals surface area contributed by atoms with E-state index in [0.29, 0.717) is 0 Å². The Labute approximate surface area is 98.8 Å². The summed E-state index contributed by atoms with van der Waals surface area (Å²) in [6.45, 7) is 0. The number of anilines is 1. The molecule has 1 aromatic carbocycles. The third-order valence-corrected chi connectivity index (χ3v) is 3.00. The van der Waals surface area contributed by atoms with Crippen molar-refractivity contribution in [1.29, 1.82) is 0 Å². The van der Waals surface area contributed by atoms with Gasteiger partial charge in [-0.05, 0) is 11.6 Å². The Morgan fingerprint density at radius 3 is 2.76 bits per heavy atom. The molecule has 0 bridgehead atoms. The molecule has 0 saturated carbocycles. The Balaban J connectivity index is 2.33. The molecule has 0 radical (unpaired) electrons. The van der Waals surface area contributed by atoms with Crippen LogP contribution in [0.25, 0.3) is 0 Å². The van der Waals surface area contributed by atoms with E-state index in [1.807, 2.05) is 24.3 Å². The van der Waals surface area contributed by atoms with Crippen molar-refractivity contribution >= 4 is 17.6 Å². The summed E-state index contributed by atoms with van der Waals surface area (Å²) >= 11 is 0. The monoisotopic (exact) mass is 234 g/mol. The van der Waals surface area contributed by atoms with Crippen molar-refractivity contribution in [2.24, 2.45) is 0 Å². The number of rotatable bonds is 3. The molecule has 1 amide bonds. The maximum absolute atomic E-state index is 11.7. The summed E-state index contributed by atoms with van der Waals surface area (Å²) in [5.41, 5.74) is 1.73. The predicted molar refractivity (Wildman–Crippen MR) is 62.9 cm³/mol. The zero-order valence-electron chi connectivity index (χ0n) is 9.43. The van der Waals surface area contributed by atoms with Gasteiger partial charge in [0.25, 0.3) is 0 Å². The van der Waals surface area contributed by atoms with Gasteiger partial charge in [-0.15, -0.1) is 0 Å². The van der Waals surface area contributed by atoms with Crippen LogP contribution in [0.1, 0.15) is 17.9 Å². The number of amides is 1. The average molecular weight is 234 g/mol. The molecule has 0 aromatic heterocycles. The summed E-state index contributed by atoms with van der Waals surface area (Å²) in [4.78, 5) is 22.6. The van der Waals surface area contributed by atoms with Crippen molar-refractivity contribution < 1.29 is 14.7 Å². The standard InChI is InChI=1S/C12H14N2O3/c1-13-12(17)11-8(6-10(15)16)7-4-2-3-5-9(7)14-11/h2-5,8,11,14H,6H2,1H3,(H,13,17)(H,15,16)/t8-,11-/m0/s1. The van der Waals surface area contributed by atoms with Gasteiger partial charge in [-0.25, -0.2) is 0 Å². The molecule has 5 nitrogen and oxygen atoms in total. The number of fused-ring (bicyclic) bond motifs is 1. The van der Waals surface area contributed by atoms with E-state index in [9.17, 15) is 9.59 Å². The zero-order chi connectivity index (χ0) is 12.4. The lowest BCUT2D eigenvalue weighted by Crippen LogP contribution is -2.39. The number of carbonyl (C=O) groups is 2. The van der Waals surface area contributed by atoms with Gasteiger partial charge in [0.15, 0.2) is 0 Å². The van der Waals surface area contributed by atoms with E-state index in [-0.39, 0.29) is 18.2 Å². The summed E-state index contributed by atoms with van der Waals surface area (Å²) in [5.74, 6) is -1.40. The number of nitrogens with one attached hydrogen (secondary N) is 2. The number of hydrogen-bond donors (Lipinski definition) is 3.